The van der Waals surface area contributed by atoms with Crippen LogP contribution in [0.5, 0.6) is 0 Å². The molecule has 0 aliphatic carbocycles. The Morgan fingerprint density at radius 2 is 2.30 bits per heavy atom. The first-order valence-corrected chi connectivity index (χ1v) is 8.10. The lowest BCUT2D eigenvalue weighted by Crippen LogP contribution is -2.29. The van der Waals surface area contributed by atoms with Gasteiger partial charge in [-0.1, -0.05) is 17.7 Å². The number of aryl methyl sites for hydroxylation is 1. The second-order valence-corrected chi connectivity index (χ2v) is 6.29. The number of hydrogen-bond donors (Lipinski definition) is 1. The Balaban J connectivity index is 1.53. The van der Waals surface area contributed by atoms with Crippen LogP contribution in [0.25, 0.3) is 16.6 Å². The highest BCUT2D eigenvalue weighted by atomic mass is 35.5. The van der Waals surface area contributed by atoms with Gasteiger partial charge in [-0.15, -0.1) is 0 Å². The van der Waals surface area contributed by atoms with Crippen LogP contribution in [-0.4, -0.2) is 37.7 Å². The minimum atomic E-state index is 0.741. The average Bonchev–Trinajstić information content (AvgIpc) is 3.14. The van der Waals surface area contributed by atoms with Gasteiger partial charge in [0.1, 0.15) is 5.65 Å². The molecule has 6 heteroatoms. The standard InChI is InChI=1S/C17H18ClN5/c1-22-16(15(18)10-21-22)11-23-7-4-12(5-8-23)14-9-20-17-13(14)3-2-6-19-17/h2-4,6,9-10H,5,7-8,11H2,1H3,(H,19,20). The van der Waals surface area contributed by atoms with E-state index in [1.54, 1.807) is 6.20 Å². The van der Waals surface area contributed by atoms with E-state index in [0.717, 1.165) is 42.4 Å². The minimum absolute atomic E-state index is 0.741. The number of pyridine rings is 1. The van der Waals surface area contributed by atoms with Gasteiger partial charge in [0, 0.05) is 50.0 Å². The van der Waals surface area contributed by atoms with E-state index in [0.29, 0.717) is 0 Å². The van der Waals surface area contributed by atoms with Crippen LogP contribution in [0.2, 0.25) is 5.02 Å². The number of aromatic amines is 1. The molecule has 0 fully saturated rings. The van der Waals surface area contributed by atoms with Gasteiger partial charge in [0.2, 0.25) is 0 Å². The summed E-state index contributed by atoms with van der Waals surface area (Å²) in [4.78, 5) is 10.0. The summed E-state index contributed by atoms with van der Waals surface area (Å²) in [6.07, 6.45) is 8.93. The van der Waals surface area contributed by atoms with Crippen molar-refractivity contribution in [1.29, 1.82) is 0 Å². The first kappa shape index (κ1) is 14.5. The van der Waals surface area contributed by atoms with E-state index in [-0.39, 0.29) is 0 Å². The lowest BCUT2D eigenvalue weighted by molar-refractivity contribution is 0.286. The number of fused-ring (bicyclic) bond motifs is 1. The Morgan fingerprint density at radius 3 is 3.04 bits per heavy atom. The molecule has 3 aromatic heterocycles. The number of nitrogens with zero attached hydrogens (tertiary/aromatic N) is 4. The molecular formula is C17H18ClN5. The molecule has 0 saturated heterocycles. The van der Waals surface area contributed by atoms with E-state index >= 15 is 0 Å². The van der Waals surface area contributed by atoms with Crippen molar-refractivity contribution in [2.45, 2.75) is 13.0 Å². The van der Waals surface area contributed by atoms with Crippen LogP contribution >= 0.6 is 11.6 Å². The predicted molar refractivity (Wildman–Crippen MR) is 92.2 cm³/mol. The lowest BCUT2D eigenvalue weighted by atomic mass is 9.99. The zero-order valence-electron chi connectivity index (χ0n) is 13.0. The Morgan fingerprint density at radius 1 is 1.39 bits per heavy atom. The molecule has 0 unspecified atom stereocenters. The van der Waals surface area contributed by atoms with E-state index in [2.05, 4.69) is 38.3 Å². The first-order chi connectivity index (χ1) is 11.2. The minimum Gasteiger partial charge on any atom is -0.346 e. The van der Waals surface area contributed by atoms with Gasteiger partial charge in [0.15, 0.2) is 0 Å². The van der Waals surface area contributed by atoms with Crippen molar-refractivity contribution < 1.29 is 0 Å². The van der Waals surface area contributed by atoms with Crippen molar-refractivity contribution in [2.75, 3.05) is 13.1 Å². The van der Waals surface area contributed by atoms with E-state index in [1.807, 2.05) is 24.0 Å². The summed E-state index contributed by atoms with van der Waals surface area (Å²) in [6, 6.07) is 4.11. The number of hydrogen-bond acceptors (Lipinski definition) is 3. The molecule has 23 heavy (non-hydrogen) atoms. The molecule has 0 atom stereocenters. The summed E-state index contributed by atoms with van der Waals surface area (Å²) in [5, 5.41) is 6.14. The summed E-state index contributed by atoms with van der Waals surface area (Å²) >= 11 is 6.20. The van der Waals surface area contributed by atoms with Gasteiger partial charge in [-0.25, -0.2) is 4.98 Å². The molecule has 118 valence electrons. The van der Waals surface area contributed by atoms with Gasteiger partial charge < -0.3 is 4.98 Å². The zero-order valence-corrected chi connectivity index (χ0v) is 13.7. The van der Waals surface area contributed by atoms with Gasteiger partial charge >= 0.3 is 0 Å². The molecule has 4 rings (SSSR count). The Bertz CT molecular complexity index is 857. The molecule has 0 amide bonds. The first-order valence-electron chi connectivity index (χ1n) is 7.72. The average molecular weight is 328 g/mol. The SMILES string of the molecule is Cn1ncc(Cl)c1CN1CC=C(c2c[nH]c3ncccc23)CC1. The van der Waals surface area contributed by atoms with Gasteiger partial charge in [-0.05, 0) is 24.1 Å². The fourth-order valence-electron chi connectivity index (χ4n) is 3.15. The van der Waals surface area contributed by atoms with E-state index < -0.39 is 0 Å². The second kappa shape index (κ2) is 5.83. The van der Waals surface area contributed by atoms with E-state index in [9.17, 15) is 0 Å². The van der Waals surface area contributed by atoms with E-state index in [4.69, 9.17) is 11.6 Å². The molecule has 3 aromatic rings. The van der Waals surface area contributed by atoms with Crippen LogP contribution in [0.15, 0.2) is 36.8 Å². The van der Waals surface area contributed by atoms with E-state index in [1.165, 1.54) is 16.5 Å². The molecule has 1 aliphatic heterocycles. The summed E-state index contributed by atoms with van der Waals surface area (Å²) in [7, 11) is 1.94. The number of halogens is 1. The normalized spacial score (nSPS) is 16.0. The Kier molecular flexibility index (Phi) is 3.67. The highest BCUT2D eigenvalue weighted by Gasteiger charge is 2.18. The maximum absolute atomic E-state index is 6.20. The Hall–Kier alpha value is -2.11. The number of nitrogens with one attached hydrogen (secondary N) is 1. The summed E-state index contributed by atoms with van der Waals surface area (Å²) in [5.74, 6) is 0. The number of rotatable bonds is 3. The van der Waals surface area contributed by atoms with Crippen molar-refractivity contribution in [3.05, 3.63) is 53.1 Å². The highest BCUT2D eigenvalue weighted by Crippen LogP contribution is 2.29. The lowest BCUT2D eigenvalue weighted by Gasteiger charge is -2.26. The summed E-state index contributed by atoms with van der Waals surface area (Å²) in [5.41, 5.74) is 4.68. The van der Waals surface area contributed by atoms with Crippen LogP contribution in [-0.2, 0) is 13.6 Å². The number of H-pyrrole nitrogens is 1. The highest BCUT2D eigenvalue weighted by molar-refractivity contribution is 6.31. The maximum Gasteiger partial charge on any atom is 0.137 e. The molecule has 1 aliphatic rings. The molecule has 0 spiro atoms. The third kappa shape index (κ3) is 2.66. The molecule has 0 aromatic carbocycles. The van der Waals surface area contributed by atoms with Gasteiger partial charge in [0.05, 0.1) is 16.9 Å². The quantitative estimate of drug-likeness (QED) is 0.803. The van der Waals surface area contributed by atoms with Crippen molar-refractivity contribution in [2.24, 2.45) is 7.05 Å². The van der Waals surface area contributed by atoms with Gasteiger partial charge in [0.25, 0.3) is 0 Å². The summed E-state index contributed by atoms with van der Waals surface area (Å²) in [6.45, 7) is 2.76. The van der Waals surface area contributed by atoms with Crippen molar-refractivity contribution in [1.82, 2.24) is 24.6 Å². The topological polar surface area (TPSA) is 49.7 Å². The molecule has 0 saturated carbocycles. The predicted octanol–water partition coefficient (Wildman–Crippen LogP) is 3.24. The van der Waals surface area contributed by atoms with Gasteiger partial charge in [-0.2, -0.15) is 5.10 Å². The van der Waals surface area contributed by atoms with Gasteiger partial charge in [-0.3, -0.25) is 9.58 Å². The fraction of sp³-hybridized carbons (Fsp3) is 0.294. The third-order valence-electron chi connectivity index (χ3n) is 4.47. The third-order valence-corrected chi connectivity index (χ3v) is 4.79. The second-order valence-electron chi connectivity index (χ2n) is 5.88. The smallest absolute Gasteiger partial charge is 0.137 e. The molecular weight excluding hydrogens is 310 g/mol. The van der Waals surface area contributed by atoms with Crippen LogP contribution < -0.4 is 0 Å². The van der Waals surface area contributed by atoms with Crippen molar-refractivity contribution >= 4 is 28.2 Å². The molecule has 1 N–H and O–H groups in total. The maximum atomic E-state index is 6.20. The van der Waals surface area contributed by atoms with Crippen LogP contribution in [0, 0.1) is 0 Å². The largest absolute Gasteiger partial charge is 0.346 e. The molecule has 0 bridgehead atoms. The Labute approximate surface area is 139 Å². The number of aromatic nitrogens is 4. The molecule has 5 nitrogen and oxygen atoms in total. The van der Waals surface area contributed by atoms with Crippen molar-refractivity contribution in [3.8, 4) is 0 Å². The zero-order chi connectivity index (χ0) is 15.8. The van der Waals surface area contributed by atoms with Crippen LogP contribution in [0.4, 0.5) is 0 Å². The van der Waals surface area contributed by atoms with Crippen LogP contribution in [0.3, 0.4) is 0 Å². The monoisotopic (exact) mass is 327 g/mol. The molecule has 4 heterocycles. The fourth-order valence-corrected chi connectivity index (χ4v) is 3.37. The van der Waals surface area contributed by atoms with Crippen LogP contribution in [0.1, 0.15) is 17.7 Å². The summed E-state index contributed by atoms with van der Waals surface area (Å²) < 4.78 is 1.85. The molecule has 0 radical (unpaired) electrons. The van der Waals surface area contributed by atoms with Crippen molar-refractivity contribution in [3.63, 3.8) is 0 Å².